The van der Waals surface area contributed by atoms with E-state index < -0.39 is 0 Å². The standard InChI is InChI=1S/C15H17N3O2S/c1-21-15(6-2-7-15)10-17-13-3-4-14(18(19)20)12-9-16-8-5-11(12)13/h3-5,8-9,17H,2,6-7,10H2,1H3. The van der Waals surface area contributed by atoms with E-state index in [4.69, 9.17) is 0 Å². The number of non-ortho nitro benzene ring substituents is 1. The van der Waals surface area contributed by atoms with Crippen LogP contribution in [0.4, 0.5) is 11.4 Å². The number of pyridine rings is 1. The summed E-state index contributed by atoms with van der Waals surface area (Å²) in [4.78, 5) is 14.8. The average molecular weight is 303 g/mol. The van der Waals surface area contributed by atoms with E-state index in [0.29, 0.717) is 10.1 Å². The molecule has 0 radical (unpaired) electrons. The molecule has 1 aliphatic rings. The molecule has 1 aromatic carbocycles. The molecule has 0 unspecified atom stereocenters. The molecule has 0 aliphatic heterocycles. The third kappa shape index (κ3) is 2.55. The molecule has 3 rings (SSSR count). The van der Waals surface area contributed by atoms with Gasteiger partial charge in [-0.2, -0.15) is 11.8 Å². The maximum atomic E-state index is 11.1. The van der Waals surface area contributed by atoms with Gasteiger partial charge in [0.15, 0.2) is 0 Å². The zero-order valence-electron chi connectivity index (χ0n) is 11.8. The first kappa shape index (κ1) is 14.1. The van der Waals surface area contributed by atoms with Crippen molar-refractivity contribution in [1.29, 1.82) is 0 Å². The van der Waals surface area contributed by atoms with Crippen LogP contribution < -0.4 is 5.32 Å². The lowest BCUT2D eigenvalue weighted by molar-refractivity contribution is -0.383. The van der Waals surface area contributed by atoms with Crippen LogP contribution in [0.5, 0.6) is 0 Å². The molecule has 0 atom stereocenters. The molecule has 0 bridgehead atoms. The van der Waals surface area contributed by atoms with E-state index in [0.717, 1.165) is 17.6 Å². The number of benzene rings is 1. The highest BCUT2D eigenvalue weighted by atomic mass is 32.2. The van der Waals surface area contributed by atoms with E-state index >= 15 is 0 Å². The average Bonchev–Trinajstić information content (AvgIpc) is 2.46. The van der Waals surface area contributed by atoms with Crippen LogP contribution in [0.2, 0.25) is 0 Å². The zero-order chi connectivity index (χ0) is 14.9. The molecule has 1 fully saturated rings. The van der Waals surface area contributed by atoms with Crippen molar-refractivity contribution in [2.24, 2.45) is 0 Å². The lowest BCUT2D eigenvalue weighted by Crippen LogP contribution is -2.40. The van der Waals surface area contributed by atoms with Gasteiger partial charge in [-0.05, 0) is 31.2 Å². The summed E-state index contributed by atoms with van der Waals surface area (Å²) in [5.74, 6) is 0. The molecule has 0 saturated heterocycles. The molecule has 1 aliphatic carbocycles. The van der Waals surface area contributed by atoms with Crippen LogP contribution >= 0.6 is 11.8 Å². The molecule has 110 valence electrons. The molecule has 1 aromatic heterocycles. The summed E-state index contributed by atoms with van der Waals surface area (Å²) in [5.41, 5.74) is 1.05. The molecule has 21 heavy (non-hydrogen) atoms. The van der Waals surface area contributed by atoms with Crippen LogP contribution in [0.25, 0.3) is 10.8 Å². The molecule has 0 amide bonds. The Balaban J connectivity index is 1.93. The molecule has 1 saturated carbocycles. The molecule has 0 spiro atoms. The second-order valence-electron chi connectivity index (χ2n) is 5.40. The number of hydrogen-bond donors (Lipinski definition) is 1. The highest BCUT2D eigenvalue weighted by molar-refractivity contribution is 8.00. The van der Waals surface area contributed by atoms with E-state index in [1.165, 1.54) is 19.3 Å². The highest BCUT2D eigenvalue weighted by Gasteiger charge is 2.35. The first-order valence-electron chi connectivity index (χ1n) is 6.95. The number of anilines is 1. The van der Waals surface area contributed by atoms with Crippen molar-refractivity contribution in [2.75, 3.05) is 18.1 Å². The minimum absolute atomic E-state index is 0.104. The fourth-order valence-corrected chi connectivity index (χ4v) is 3.68. The molecule has 5 nitrogen and oxygen atoms in total. The van der Waals surface area contributed by atoms with Crippen molar-refractivity contribution >= 4 is 33.9 Å². The zero-order valence-corrected chi connectivity index (χ0v) is 12.7. The van der Waals surface area contributed by atoms with Crippen molar-refractivity contribution in [2.45, 2.75) is 24.0 Å². The van der Waals surface area contributed by atoms with Gasteiger partial charge in [0.05, 0.1) is 10.3 Å². The second-order valence-corrected chi connectivity index (χ2v) is 6.68. The minimum Gasteiger partial charge on any atom is -0.383 e. The Morgan fingerprint density at radius 3 is 2.81 bits per heavy atom. The molecular formula is C15H17N3O2S. The van der Waals surface area contributed by atoms with Crippen LogP contribution in [0.15, 0.2) is 30.6 Å². The molecule has 1 heterocycles. The van der Waals surface area contributed by atoms with Gasteiger partial charge in [-0.25, -0.2) is 0 Å². The number of nitro groups is 1. The highest BCUT2D eigenvalue weighted by Crippen LogP contribution is 2.43. The Morgan fingerprint density at radius 1 is 1.38 bits per heavy atom. The first-order valence-corrected chi connectivity index (χ1v) is 8.18. The summed E-state index contributed by atoms with van der Waals surface area (Å²) in [6.07, 6.45) is 9.13. The van der Waals surface area contributed by atoms with Crippen molar-refractivity contribution in [1.82, 2.24) is 4.98 Å². The van der Waals surface area contributed by atoms with Gasteiger partial charge in [-0.1, -0.05) is 6.42 Å². The number of fused-ring (bicyclic) bond motifs is 1. The fraction of sp³-hybridized carbons (Fsp3) is 0.400. The number of aromatic nitrogens is 1. The summed E-state index contributed by atoms with van der Waals surface area (Å²) >= 11 is 1.91. The topological polar surface area (TPSA) is 68.1 Å². The SMILES string of the molecule is CSC1(CNc2ccc([N+](=O)[O-])c3cnccc23)CCC1. The van der Waals surface area contributed by atoms with Crippen LogP contribution in [0.3, 0.4) is 0 Å². The summed E-state index contributed by atoms with van der Waals surface area (Å²) in [5, 5.41) is 16.0. The normalized spacial score (nSPS) is 16.4. The van der Waals surface area contributed by atoms with Crippen molar-refractivity contribution in [3.8, 4) is 0 Å². The molecule has 2 aromatic rings. The number of nitrogens with one attached hydrogen (secondary N) is 1. The van der Waals surface area contributed by atoms with E-state index in [1.807, 2.05) is 17.8 Å². The molecule has 6 heteroatoms. The van der Waals surface area contributed by atoms with Crippen molar-refractivity contribution in [3.05, 3.63) is 40.7 Å². The van der Waals surface area contributed by atoms with Crippen LogP contribution in [0, 0.1) is 10.1 Å². The monoisotopic (exact) mass is 303 g/mol. The van der Waals surface area contributed by atoms with Gasteiger partial charge >= 0.3 is 0 Å². The Morgan fingerprint density at radius 2 is 2.19 bits per heavy atom. The number of nitro benzene ring substituents is 1. The minimum atomic E-state index is -0.358. The smallest absolute Gasteiger partial charge is 0.278 e. The predicted molar refractivity (Wildman–Crippen MR) is 87.0 cm³/mol. The number of thioether (sulfide) groups is 1. The Bertz CT molecular complexity index is 680. The fourth-order valence-electron chi connectivity index (χ4n) is 2.77. The molecule has 1 N–H and O–H groups in total. The number of nitrogens with zero attached hydrogens (tertiary/aromatic N) is 2. The lowest BCUT2D eigenvalue weighted by Gasteiger charge is -2.40. The maximum Gasteiger partial charge on any atom is 0.278 e. The second kappa shape index (κ2) is 5.52. The van der Waals surface area contributed by atoms with Gasteiger partial charge in [0.25, 0.3) is 5.69 Å². The largest absolute Gasteiger partial charge is 0.383 e. The van der Waals surface area contributed by atoms with Crippen LogP contribution in [-0.2, 0) is 0 Å². The number of hydrogen-bond acceptors (Lipinski definition) is 5. The Labute approximate surface area is 127 Å². The predicted octanol–water partition coefficient (Wildman–Crippen LogP) is 3.84. The van der Waals surface area contributed by atoms with E-state index in [1.54, 1.807) is 24.5 Å². The van der Waals surface area contributed by atoms with Gasteiger partial charge in [-0.3, -0.25) is 15.1 Å². The summed E-state index contributed by atoms with van der Waals surface area (Å²) < 4.78 is 0.321. The summed E-state index contributed by atoms with van der Waals surface area (Å²) in [6.45, 7) is 0.892. The first-order chi connectivity index (χ1) is 10.2. The maximum absolute atomic E-state index is 11.1. The van der Waals surface area contributed by atoms with E-state index in [-0.39, 0.29) is 10.6 Å². The van der Waals surface area contributed by atoms with Gasteiger partial charge in [0.1, 0.15) is 0 Å². The summed E-state index contributed by atoms with van der Waals surface area (Å²) in [7, 11) is 0. The Hall–Kier alpha value is -1.82. The van der Waals surface area contributed by atoms with E-state index in [9.17, 15) is 10.1 Å². The van der Waals surface area contributed by atoms with Gasteiger partial charge in [-0.15, -0.1) is 0 Å². The van der Waals surface area contributed by atoms with Gasteiger partial charge in [0.2, 0.25) is 0 Å². The third-order valence-corrected chi connectivity index (χ3v) is 5.71. The number of rotatable bonds is 5. The Kier molecular flexibility index (Phi) is 3.71. The van der Waals surface area contributed by atoms with Crippen molar-refractivity contribution < 1.29 is 4.92 Å². The van der Waals surface area contributed by atoms with E-state index in [2.05, 4.69) is 16.6 Å². The van der Waals surface area contributed by atoms with Gasteiger partial charge in [0, 0.05) is 40.8 Å². The third-order valence-electron chi connectivity index (χ3n) is 4.29. The quantitative estimate of drug-likeness (QED) is 0.671. The molecular weight excluding hydrogens is 286 g/mol. The summed E-state index contributed by atoms with van der Waals surface area (Å²) in [6, 6.07) is 5.18. The lowest BCUT2D eigenvalue weighted by atomic mass is 9.84. The van der Waals surface area contributed by atoms with Gasteiger partial charge < -0.3 is 5.32 Å². The van der Waals surface area contributed by atoms with Crippen LogP contribution in [0.1, 0.15) is 19.3 Å². The van der Waals surface area contributed by atoms with Crippen LogP contribution in [-0.4, -0.2) is 27.5 Å². The van der Waals surface area contributed by atoms with Crippen molar-refractivity contribution in [3.63, 3.8) is 0 Å².